The molecule has 1 heterocycles. The summed E-state index contributed by atoms with van der Waals surface area (Å²) < 4.78 is 0. The van der Waals surface area contributed by atoms with Crippen molar-refractivity contribution in [2.75, 3.05) is 12.4 Å². The third-order valence-electron chi connectivity index (χ3n) is 2.84. The van der Waals surface area contributed by atoms with Crippen molar-refractivity contribution < 1.29 is 4.79 Å². The molecule has 0 bridgehead atoms. The molecule has 0 unspecified atom stereocenters. The molecule has 1 aromatic carbocycles. The Morgan fingerprint density at radius 3 is 3.07 bits per heavy atom. The van der Waals surface area contributed by atoms with E-state index in [4.69, 9.17) is 0 Å². The molecular formula is C12H16N2O. The van der Waals surface area contributed by atoms with Crippen molar-refractivity contribution in [1.82, 2.24) is 5.32 Å². The van der Waals surface area contributed by atoms with E-state index in [9.17, 15) is 4.79 Å². The van der Waals surface area contributed by atoms with Crippen molar-refractivity contribution in [3.8, 4) is 0 Å². The van der Waals surface area contributed by atoms with Gasteiger partial charge in [-0.3, -0.25) is 4.79 Å². The second kappa shape index (κ2) is 3.93. The lowest BCUT2D eigenvalue weighted by Crippen LogP contribution is -2.23. The van der Waals surface area contributed by atoms with E-state index in [0.29, 0.717) is 6.04 Å². The summed E-state index contributed by atoms with van der Waals surface area (Å²) >= 11 is 0. The highest BCUT2D eigenvalue weighted by molar-refractivity contribution is 5.94. The van der Waals surface area contributed by atoms with Crippen LogP contribution in [0.3, 0.4) is 0 Å². The van der Waals surface area contributed by atoms with Crippen LogP contribution in [0, 0.1) is 0 Å². The van der Waals surface area contributed by atoms with Gasteiger partial charge < -0.3 is 10.6 Å². The van der Waals surface area contributed by atoms with Crippen LogP contribution in [0.4, 0.5) is 5.69 Å². The van der Waals surface area contributed by atoms with E-state index in [1.165, 1.54) is 11.3 Å². The van der Waals surface area contributed by atoms with E-state index >= 15 is 0 Å². The topological polar surface area (TPSA) is 41.1 Å². The predicted octanol–water partition coefficient (Wildman–Crippen LogP) is 1.79. The Balaban J connectivity index is 2.30. The van der Waals surface area contributed by atoms with Gasteiger partial charge in [0.2, 0.25) is 0 Å². The summed E-state index contributed by atoms with van der Waals surface area (Å²) in [4.78, 5) is 11.4. The number of carbonyl (C=O) groups excluding carboxylic acids is 1. The van der Waals surface area contributed by atoms with E-state index in [2.05, 4.69) is 17.6 Å². The Kier molecular flexibility index (Phi) is 2.62. The van der Waals surface area contributed by atoms with Crippen LogP contribution in [0.25, 0.3) is 0 Å². The smallest absolute Gasteiger partial charge is 0.251 e. The minimum atomic E-state index is -0.0172. The first-order valence-electron chi connectivity index (χ1n) is 5.32. The van der Waals surface area contributed by atoms with Crippen LogP contribution in [0.15, 0.2) is 18.2 Å². The molecule has 3 nitrogen and oxygen atoms in total. The fourth-order valence-corrected chi connectivity index (χ4v) is 1.94. The fraction of sp³-hybridized carbons (Fsp3) is 0.417. The highest BCUT2D eigenvalue weighted by atomic mass is 16.1. The number of aryl methyl sites for hydroxylation is 1. The second-order valence-electron chi connectivity index (χ2n) is 4.04. The fourth-order valence-electron chi connectivity index (χ4n) is 1.94. The van der Waals surface area contributed by atoms with Crippen LogP contribution in [0.2, 0.25) is 0 Å². The molecule has 1 aromatic rings. The van der Waals surface area contributed by atoms with E-state index < -0.39 is 0 Å². The molecule has 0 aromatic heterocycles. The molecule has 1 atom stereocenters. The van der Waals surface area contributed by atoms with Gasteiger partial charge in [-0.05, 0) is 43.5 Å². The zero-order valence-electron chi connectivity index (χ0n) is 9.13. The third kappa shape index (κ3) is 1.96. The predicted molar refractivity (Wildman–Crippen MR) is 61.2 cm³/mol. The maximum absolute atomic E-state index is 11.4. The number of carbonyl (C=O) groups is 1. The van der Waals surface area contributed by atoms with Crippen LogP contribution in [0.5, 0.6) is 0 Å². The Morgan fingerprint density at radius 2 is 2.33 bits per heavy atom. The molecule has 1 aliphatic rings. The largest absolute Gasteiger partial charge is 0.382 e. The maximum atomic E-state index is 11.4. The molecule has 0 saturated heterocycles. The van der Waals surface area contributed by atoms with Gasteiger partial charge in [-0.1, -0.05) is 0 Å². The summed E-state index contributed by atoms with van der Waals surface area (Å²) in [5.74, 6) is -0.0172. The Morgan fingerprint density at radius 1 is 1.53 bits per heavy atom. The van der Waals surface area contributed by atoms with Crippen molar-refractivity contribution in [2.45, 2.75) is 25.8 Å². The number of hydrogen-bond acceptors (Lipinski definition) is 2. The number of amides is 1. The van der Waals surface area contributed by atoms with Crippen molar-refractivity contribution in [3.63, 3.8) is 0 Å². The molecule has 2 N–H and O–H groups in total. The van der Waals surface area contributed by atoms with Crippen molar-refractivity contribution in [3.05, 3.63) is 29.3 Å². The van der Waals surface area contributed by atoms with Crippen LogP contribution in [-0.4, -0.2) is 19.0 Å². The molecule has 0 fully saturated rings. The number of anilines is 1. The quantitative estimate of drug-likeness (QED) is 0.732. The minimum absolute atomic E-state index is 0.0172. The first-order chi connectivity index (χ1) is 7.20. The van der Waals surface area contributed by atoms with Gasteiger partial charge in [0.25, 0.3) is 5.91 Å². The monoisotopic (exact) mass is 204 g/mol. The molecule has 0 aliphatic carbocycles. The molecule has 15 heavy (non-hydrogen) atoms. The van der Waals surface area contributed by atoms with Gasteiger partial charge >= 0.3 is 0 Å². The summed E-state index contributed by atoms with van der Waals surface area (Å²) in [7, 11) is 1.65. The summed E-state index contributed by atoms with van der Waals surface area (Å²) in [6, 6.07) is 6.37. The van der Waals surface area contributed by atoms with Gasteiger partial charge in [-0.2, -0.15) is 0 Å². The van der Waals surface area contributed by atoms with Gasteiger partial charge in [0.1, 0.15) is 0 Å². The SMILES string of the molecule is CNC(=O)c1ccc2c(c1)CC[C@H](C)N2. The van der Waals surface area contributed by atoms with Crippen LogP contribution in [-0.2, 0) is 6.42 Å². The molecule has 0 spiro atoms. The zero-order chi connectivity index (χ0) is 10.8. The number of fused-ring (bicyclic) bond motifs is 1. The lowest BCUT2D eigenvalue weighted by Gasteiger charge is -2.24. The molecule has 0 saturated carbocycles. The average Bonchev–Trinajstić information content (AvgIpc) is 2.27. The summed E-state index contributed by atoms with van der Waals surface area (Å²) in [5, 5.41) is 6.05. The maximum Gasteiger partial charge on any atom is 0.251 e. The molecular weight excluding hydrogens is 188 g/mol. The lowest BCUT2D eigenvalue weighted by molar-refractivity contribution is 0.0963. The number of nitrogens with one attached hydrogen (secondary N) is 2. The Hall–Kier alpha value is -1.51. The average molecular weight is 204 g/mol. The van der Waals surface area contributed by atoms with Crippen LogP contribution < -0.4 is 10.6 Å². The van der Waals surface area contributed by atoms with Gasteiger partial charge in [-0.25, -0.2) is 0 Å². The number of benzene rings is 1. The Bertz CT molecular complexity index is 387. The molecule has 80 valence electrons. The van der Waals surface area contributed by atoms with Gasteiger partial charge in [0.05, 0.1) is 0 Å². The molecule has 1 aliphatic heterocycles. The van der Waals surface area contributed by atoms with Crippen LogP contribution >= 0.6 is 0 Å². The van der Waals surface area contributed by atoms with Crippen molar-refractivity contribution in [2.24, 2.45) is 0 Å². The normalized spacial score (nSPS) is 18.9. The van der Waals surface area contributed by atoms with Gasteiger partial charge in [0, 0.05) is 24.3 Å². The Labute approximate surface area is 89.9 Å². The zero-order valence-corrected chi connectivity index (χ0v) is 9.13. The summed E-state index contributed by atoms with van der Waals surface area (Å²) in [6.45, 7) is 2.18. The van der Waals surface area contributed by atoms with Gasteiger partial charge in [-0.15, -0.1) is 0 Å². The summed E-state index contributed by atoms with van der Waals surface area (Å²) in [5.41, 5.74) is 3.16. The lowest BCUT2D eigenvalue weighted by atomic mass is 9.97. The summed E-state index contributed by atoms with van der Waals surface area (Å²) in [6.07, 6.45) is 2.18. The van der Waals surface area contributed by atoms with E-state index in [0.717, 1.165) is 18.4 Å². The van der Waals surface area contributed by atoms with E-state index in [1.807, 2.05) is 18.2 Å². The van der Waals surface area contributed by atoms with Crippen molar-refractivity contribution >= 4 is 11.6 Å². The molecule has 1 amide bonds. The minimum Gasteiger partial charge on any atom is -0.382 e. The van der Waals surface area contributed by atoms with Gasteiger partial charge in [0.15, 0.2) is 0 Å². The number of rotatable bonds is 1. The number of hydrogen-bond donors (Lipinski definition) is 2. The molecule has 3 heteroatoms. The first kappa shape index (κ1) is 10.0. The second-order valence-corrected chi connectivity index (χ2v) is 4.04. The standard InChI is InChI=1S/C12H16N2O/c1-8-3-4-9-7-10(12(15)13-2)5-6-11(9)14-8/h5-8,14H,3-4H2,1-2H3,(H,13,15)/t8-/m0/s1. The molecule has 2 rings (SSSR count). The molecule has 0 radical (unpaired) electrons. The van der Waals surface area contributed by atoms with Crippen molar-refractivity contribution in [1.29, 1.82) is 0 Å². The first-order valence-corrected chi connectivity index (χ1v) is 5.32. The van der Waals surface area contributed by atoms with E-state index in [1.54, 1.807) is 7.05 Å². The third-order valence-corrected chi connectivity index (χ3v) is 2.84. The van der Waals surface area contributed by atoms with Crippen LogP contribution in [0.1, 0.15) is 29.3 Å². The van der Waals surface area contributed by atoms with E-state index in [-0.39, 0.29) is 5.91 Å². The highest BCUT2D eigenvalue weighted by Gasteiger charge is 2.15. The highest BCUT2D eigenvalue weighted by Crippen LogP contribution is 2.25.